The van der Waals surface area contributed by atoms with Gasteiger partial charge in [-0.1, -0.05) is 13.8 Å². The number of sulfonamides is 1. The van der Waals surface area contributed by atoms with E-state index in [0.717, 1.165) is 0 Å². The highest BCUT2D eigenvalue weighted by atomic mass is 32.2. The zero-order chi connectivity index (χ0) is 13.9. The van der Waals surface area contributed by atoms with Crippen molar-refractivity contribution < 1.29 is 12.8 Å². The van der Waals surface area contributed by atoms with Crippen LogP contribution >= 0.6 is 0 Å². The molecule has 0 bridgehead atoms. The van der Waals surface area contributed by atoms with E-state index in [-0.39, 0.29) is 10.8 Å². The largest absolute Gasteiger partial charge is 0.464 e. The van der Waals surface area contributed by atoms with Crippen LogP contribution in [0.15, 0.2) is 15.4 Å². The van der Waals surface area contributed by atoms with Crippen molar-refractivity contribution in [3.8, 4) is 0 Å². The number of hydrogen-bond acceptors (Lipinski definition) is 4. The van der Waals surface area contributed by atoms with Crippen LogP contribution in [-0.4, -0.2) is 33.4 Å². The van der Waals surface area contributed by atoms with Gasteiger partial charge in [0.05, 0.1) is 6.54 Å². The molecule has 0 fully saturated rings. The van der Waals surface area contributed by atoms with E-state index in [4.69, 9.17) is 4.42 Å². The Hall–Kier alpha value is -0.850. The second kappa shape index (κ2) is 5.86. The summed E-state index contributed by atoms with van der Waals surface area (Å²) in [5.41, 5.74) is 0. The third-order valence-electron chi connectivity index (χ3n) is 2.58. The molecule has 1 aromatic rings. The van der Waals surface area contributed by atoms with Gasteiger partial charge in [0.15, 0.2) is 0 Å². The van der Waals surface area contributed by atoms with Crippen molar-refractivity contribution in [2.24, 2.45) is 5.92 Å². The Kier molecular flexibility index (Phi) is 4.95. The monoisotopic (exact) mass is 274 g/mol. The molecular weight excluding hydrogens is 252 g/mol. The molecule has 5 nitrogen and oxygen atoms in total. The van der Waals surface area contributed by atoms with Crippen LogP contribution in [0.5, 0.6) is 0 Å². The average molecular weight is 274 g/mol. The lowest BCUT2D eigenvalue weighted by atomic mass is 10.2. The van der Waals surface area contributed by atoms with Gasteiger partial charge in [-0.25, -0.2) is 12.7 Å². The zero-order valence-corrected chi connectivity index (χ0v) is 12.5. The van der Waals surface area contributed by atoms with Crippen molar-refractivity contribution in [2.75, 3.05) is 20.6 Å². The predicted octanol–water partition coefficient (Wildman–Crippen LogP) is 1.58. The van der Waals surface area contributed by atoms with Gasteiger partial charge in [0, 0.05) is 19.7 Å². The van der Waals surface area contributed by atoms with E-state index < -0.39 is 10.0 Å². The number of nitrogens with zero attached hydrogens (tertiary/aromatic N) is 1. The third-order valence-corrected chi connectivity index (χ3v) is 4.52. The molecule has 0 amide bonds. The van der Waals surface area contributed by atoms with Crippen molar-refractivity contribution >= 4 is 10.0 Å². The average Bonchev–Trinajstić information content (AvgIpc) is 2.59. The van der Waals surface area contributed by atoms with Gasteiger partial charge in [0.2, 0.25) is 10.0 Å². The molecule has 0 aliphatic carbocycles. The molecule has 0 atom stereocenters. The van der Waals surface area contributed by atoms with Gasteiger partial charge in [0.25, 0.3) is 0 Å². The fourth-order valence-electron chi connectivity index (χ4n) is 1.82. The van der Waals surface area contributed by atoms with Crippen LogP contribution in [-0.2, 0) is 16.6 Å². The number of furan rings is 1. The van der Waals surface area contributed by atoms with E-state index in [1.165, 1.54) is 4.31 Å². The Balaban J connectivity index is 3.04. The maximum absolute atomic E-state index is 12.4. The van der Waals surface area contributed by atoms with E-state index in [2.05, 4.69) is 5.32 Å². The van der Waals surface area contributed by atoms with Crippen molar-refractivity contribution in [1.82, 2.24) is 9.62 Å². The first kappa shape index (κ1) is 15.2. The van der Waals surface area contributed by atoms with E-state index >= 15 is 0 Å². The highest BCUT2D eigenvalue weighted by Crippen LogP contribution is 2.23. The Morgan fingerprint density at radius 2 is 2.06 bits per heavy atom. The second-order valence-corrected chi connectivity index (χ2v) is 6.86. The van der Waals surface area contributed by atoms with Crippen molar-refractivity contribution in [1.29, 1.82) is 0 Å². The lowest BCUT2D eigenvalue weighted by Crippen LogP contribution is -2.30. The first-order valence-corrected chi connectivity index (χ1v) is 7.43. The maximum Gasteiger partial charge on any atom is 0.246 e. The number of rotatable bonds is 6. The summed E-state index contributed by atoms with van der Waals surface area (Å²) >= 11 is 0. The molecule has 0 aromatic carbocycles. The lowest BCUT2D eigenvalue weighted by Gasteiger charge is -2.18. The molecular formula is C12H22N2O3S. The standard InChI is InChI=1S/C12H22N2O3S/c1-9(2)8-14(5)18(15,16)12-6-11(7-13-4)17-10(12)3/h6,9,13H,7-8H2,1-5H3. The summed E-state index contributed by atoms with van der Waals surface area (Å²) < 4.78 is 31.5. The molecule has 1 N–H and O–H groups in total. The molecule has 0 aliphatic heterocycles. The van der Waals surface area contributed by atoms with E-state index in [1.807, 2.05) is 13.8 Å². The number of hydrogen-bond donors (Lipinski definition) is 1. The van der Waals surface area contributed by atoms with E-state index in [1.54, 1.807) is 27.1 Å². The highest BCUT2D eigenvalue weighted by Gasteiger charge is 2.26. The number of aryl methyl sites for hydroxylation is 1. The molecule has 0 saturated carbocycles. The second-order valence-electron chi connectivity index (χ2n) is 4.84. The van der Waals surface area contributed by atoms with Gasteiger partial charge >= 0.3 is 0 Å². The molecule has 18 heavy (non-hydrogen) atoms. The minimum atomic E-state index is -3.45. The Labute approximate surface area is 109 Å². The minimum Gasteiger partial charge on any atom is -0.464 e. The summed E-state index contributed by atoms with van der Waals surface area (Å²) in [4.78, 5) is 0.260. The Bertz CT molecular complexity index is 491. The van der Waals surface area contributed by atoms with Crippen molar-refractivity contribution in [3.05, 3.63) is 17.6 Å². The van der Waals surface area contributed by atoms with Crippen LogP contribution in [0.4, 0.5) is 0 Å². The maximum atomic E-state index is 12.4. The summed E-state index contributed by atoms with van der Waals surface area (Å²) in [6.45, 7) is 6.66. The Morgan fingerprint density at radius 1 is 1.44 bits per heavy atom. The molecule has 0 radical (unpaired) electrons. The lowest BCUT2D eigenvalue weighted by molar-refractivity contribution is 0.414. The van der Waals surface area contributed by atoms with Gasteiger partial charge in [-0.2, -0.15) is 0 Å². The van der Waals surface area contributed by atoms with Crippen LogP contribution in [0.1, 0.15) is 25.4 Å². The SMILES string of the molecule is CNCc1cc(S(=O)(=O)N(C)CC(C)C)c(C)o1. The van der Waals surface area contributed by atoms with Crippen LogP contribution in [0.3, 0.4) is 0 Å². The molecule has 104 valence electrons. The summed E-state index contributed by atoms with van der Waals surface area (Å²) in [5.74, 6) is 1.36. The normalized spacial score (nSPS) is 12.6. The molecule has 1 rings (SSSR count). The molecule has 0 spiro atoms. The third kappa shape index (κ3) is 3.34. The minimum absolute atomic E-state index is 0.260. The summed E-state index contributed by atoms with van der Waals surface area (Å²) in [6, 6.07) is 1.60. The quantitative estimate of drug-likeness (QED) is 0.855. The first-order chi connectivity index (χ1) is 8.28. The molecule has 6 heteroatoms. The zero-order valence-electron chi connectivity index (χ0n) is 11.6. The summed E-state index contributed by atoms with van der Waals surface area (Å²) in [5, 5.41) is 2.94. The van der Waals surface area contributed by atoms with E-state index in [0.29, 0.717) is 24.6 Å². The van der Waals surface area contributed by atoms with E-state index in [9.17, 15) is 8.42 Å². The van der Waals surface area contributed by atoms with Gasteiger partial charge in [-0.3, -0.25) is 0 Å². The highest BCUT2D eigenvalue weighted by molar-refractivity contribution is 7.89. The van der Waals surface area contributed by atoms with Gasteiger partial charge in [-0.05, 0) is 19.9 Å². The van der Waals surface area contributed by atoms with Crippen LogP contribution in [0.2, 0.25) is 0 Å². The molecule has 1 aromatic heterocycles. The molecule has 0 unspecified atom stereocenters. The molecule has 0 aliphatic rings. The topological polar surface area (TPSA) is 62.6 Å². The molecule has 0 saturated heterocycles. The fraction of sp³-hybridized carbons (Fsp3) is 0.667. The fourth-order valence-corrected chi connectivity index (χ4v) is 3.34. The van der Waals surface area contributed by atoms with Gasteiger partial charge in [0.1, 0.15) is 16.4 Å². The Morgan fingerprint density at radius 3 is 2.56 bits per heavy atom. The van der Waals surface area contributed by atoms with Crippen LogP contribution < -0.4 is 5.32 Å². The number of nitrogens with one attached hydrogen (secondary N) is 1. The van der Waals surface area contributed by atoms with Crippen molar-refractivity contribution in [2.45, 2.75) is 32.2 Å². The first-order valence-electron chi connectivity index (χ1n) is 5.99. The van der Waals surface area contributed by atoms with Crippen molar-refractivity contribution in [3.63, 3.8) is 0 Å². The summed E-state index contributed by atoms with van der Waals surface area (Å²) in [6.07, 6.45) is 0. The molecule has 1 heterocycles. The van der Waals surface area contributed by atoms with Crippen LogP contribution in [0, 0.1) is 12.8 Å². The van der Waals surface area contributed by atoms with Crippen LogP contribution in [0.25, 0.3) is 0 Å². The van der Waals surface area contributed by atoms with Gasteiger partial charge < -0.3 is 9.73 Å². The predicted molar refractivity (Wildman–Crippen MR) is 70.9 cm³/mol. The smallest absolute Gasteiger partial charge is 0.246 e. The van der Waals surface area contributed by atoms with Gasteiger partial charge in [-0.15, -0.1) is 0 Å². The summed E-state index contributed by atoms with van der Waals surface area (Å²) in [7, 11) is -0.0650.